The average molecular weight is 347 g/mol. The van der Waals surface area contributed by atoms with Gasteiger partial charge in [0.2, 0.25) is 5.95 Å². The molecular formula is C16H12ClFN4O2. The highest BCUT2D eigenvalue weighted by molar-refractivity contribution is 6.31. The molecular weight excluding hydrogens is 335 g/mol. The highest BCUT2D eigenvalue weighted by atomic mass is 35.5. The van der Waals surface area contributed by atoms with E-state index in [4.69, 9.17) is 16.0 Å². The van der Waals surface area contributed by atoms with Crippen LogP contribution >= 0.6 is 11.6 Å². The van der Waals surface area contributed by atoms with Crippen LogP contribution in [0.5, 0.6) is 0 Å². The van der Waals surface area contributed by atoms with Gasteiger partial charge >= 0.3 is 0 Å². The van der Waals surface area contributed by atoms with Crippen LogP contribution in [0.2, 0.25) is 5.02 Å². The summed E-state index contributed by atoms with van der Waals surface area (Å²) in [6.45, 7) is 0.437. The van der Waals surface area contributed by atoms with Crippen LogP contribution < -0.4 is 10.6 Å². The maximum Gasteiger partial charge on any atom is 0.258 e. The third-order valence-electron chi connectivity index (χ3n) is 3.09. The molecule has 0 saturated carbocycles. The minimum absolute atomic E-state index is 0.0680. The van der Waals surface area contributed by atoms with Crippen molar-refractivity contribution in [3.05, 3.63) is 71.2 Å². The summed E-state index contributed by atoms with van der Waals surface area (Å²) in [6.07, 6.45) is 4.35. The summed E-state index contributed by atoms with van der Waals surface area (Å²) in [5, 5.41) is 5.50. The Morgan fingerprint density at radius 2 is 2.04 bits per heavy atom. The van der Waals surface area contributed by atoms with Gasteiger partial charge in [0.1, 0.15) is 11.6 Å². The van der Waals surface area contributed by atoms with E-state index in [0.717, 1.165) is 5.76 Å². The number of aromatic nitrogens is 2. The maximum atomic E-state index is 13.1. The number of nitrogens with one attached hydrogen (secondary N) is 2. The van der Waals surface area contributed by atoms with Crippen molar-refractivity contribution >= 4 is 29.1 Å². The minimum Gasteiger partial charge on any atom is -0.467 e. The summed E-state index contributed by atoms with van der Waals surface area (Å²) >= 11 is 5.67. The molecule has 0 aliphatic carbocycles. The summed E-state index contributed by atoms with van der Waals surface area (Å²) in [7, 11) is 0. The Balaban J connectivity index is 1.61. The molecule has 3 aromatic rings. The third-order valence-corrected chi connectivity index (χ3v) is 3.38. The number of anilines is 2. The van der Waals surface area contributed by atoms with Crippen molar-refractivity contribution in [1.82, 2.24) is 9.97 Å². The largest absolute Gasteiger partial charge is 0.467 e. The van der Waals surface area contributed by atoms with Gasteiger partial charge in [0.15, 0.2) is 0 Å². The molecule has 0 unspecified atom stereocenters. The van der Waals surface area contributed by atoms with Gasteiger partial charge in [-0.05, 0) is 30.3 Å². The van der Waals surface area contributed by atoms with Crippen LogP contribution in [0.4, 0.5) is 16.0 Å². The number of hydrogen-bond acceptors (Lipinski definition) is 5. The van der Waals surface area contributed by atoms with Crippen molar-refractivity contribution in [2.24, 2.45) is 0 Å². The molecule has 0 bridgehead atoms. The summed E-state index contributed by atoms with van der Waals surface area (Å²) < 4.78 is 18.3. The van der Waals surface area contributed by atoms with Crippen molar-refractivity contribution in [1.29, 1.82) is 0 Å². The zero-order valence-corrected chi connectivity index (χ0v) is 13.0. The Kier molecular flexibility index (Phi) is 4.72. The predicted molar refractivity (Wildman–Crippen MR) is 87.4 cm³/mol. The molecule has 122 valence electrons. The van der Waals surface area contributed by atoms with E-state index in [1.165, 1.54) is 30.6 Å². The van der Waals surface area contributed by atoms with E-state index in [0.29, 0.717) is 18.2 Å². The maximum absolute atomic E-state index is 13.1. The second-order valence-electron chi connectivity index (χ2n) is 4.81. The van der Waals surface area contributed by atoms with Crippen LogP contribution in [0.3, 0.4) is 0 Å². The molecule has 2 aromatic heterocycles. The van der Waals surface area contributed by atoms with Crippen LogP contribution in [0.15, 0.2) is 53.4 Å². The Morgan fingerprint density at radius 1 is 1.25 bits per heavy atom. The van der Waals surface area contributed by atoms with E-state index < -0.39 is 11.7 Å². The van der Waals surface area contributed by atoms with Gasteiger partial charge in [-0.1, -0.05) is 11.6 Å². The van der Waals surface area contributed by atoms with E-state index in [2.05, 4.69) is 20.6 Å². The number of carbonyl (C=O) groups excluding carboxylic acids is 1. The Bertz CT molecular complexity index is 838. The zero-order chi connectivity index (χ0) is 16.9. The average Bonchev–Trinajstić information content (AvgIpc) is 3.10. The summed E-state index contributed by atoms with van der Waals surface area (Å²) in [4.78, 5) is 20.2. The number of halogens is 2. The lowest BCUT2D eigenvalue weighted by atomic mass is 10.2. The molecule has 0 radical (unpaired) electrons. The van der Waals surface area contributed by atoms with Gasteiger partial charge in [0.25, 0.3) is 5.91 Å². The molecule has 0 fully saturated rings. The highest BCUT2D eigenvalue weighted by Crippen LogP contribution is 2.19. The molecule has 0 aliphatic heterocycles. The molecule has 3 rings (SSSR count). The molecule has 0 aliphatic rings. The first-order chi connectivity index (χ1) is 11.6. The van der Waals surface area contributed by atoms with E-state index >= 15 is 0 Å². The standard InChI is InChI=1S/C16H12ClFN4O2/c17-13-6-11(3-4-14(13)18)22-15(23)10-7-19-16(20-8-10)21-9-12-2-1-5-24-12/h1-8H,9H2,(H,22,23)(H,19,20,21). The number of amides is 1. The van der Waals surface area contributed by atoms with Gasteiger partial charge < -0.3 is 15.1 Å². The summed E-state index contributed by atoms with van der Waals surface area (Å²) in [5.74, 6) is 0.140. The molecule has 6 nitrogen and oxygen atoms in total. The van der Waals surface area contributed by atoms with Gasteiger partial charge in [-0.25, -0.2) is 14.4 Å². The predicted octanol–water partition coefficient (Wildman–Crippen LogP) is 3.73. The third kappa shape index (κ3) is 3.88. The van der Waals surface area contributed by atoms with E-state index in [9.17, 15) is 9.18 Å². The zero-order valence-electron chi connectivity index (χ0n) is 12.3. The number of nitrogens with zero attached hydrogens (tertiary/aromatic N) is 2. The Hall–Kier alpha value is -2.93. The summed E-state index contributed by atoms with van der Waals surface area (Å²) in [6, 6.07) is 7.53. The molecule has 0 spiro atoms. The van der Waals surface area contributed by atoms with E-state index in [1.54, 1.807) is 12.3 Å². The monoisotopic (exact) mass is 346 g/mol. The van der Waals surface area contributed by atoms with Crippen LogP contribution in [-0.2, 0) is 6.54 Å². The number of carbonyl (C=O) groups is 1. The summed E-state index contributed by atoms with van der Waals surface area (Å²) in [5.41, 5.74) is 0.644. The highest BCUT2D eigenvalue weighted by Gasteiger charge is 2.09. The van der Waals surface area contributed by atoms with Crippen LogP contribution in [-0.4, -0.2) is 15.9 Å². The Labute approximate surface area is 141 Å². The number of hydrogen-bond donors (Lipinski definition) is 2. The van der Waals surface area contributed by atoms with Gasteiger partial charge in [0.05, 0.1) is 23.4 Å². The second kappa shape index (κ2) is 7.10. The number of benzene rings is 1. The molecule has 0 saturated heterocycles. The topological polar surface area (TPSA) is 80.0 Å². The molecule has 8 heteroatoms. The fourth-order valence-corrected chi connectivity index (χ4v) is 2.07. The lowest BCUT2D eigenvalue weighted by Gasteiger charge is -2.07. The van der Waals surface area contributed by atoms with Crippen LogP contribution in [0.25, 0.3) is 0 Å². The van der Waals surface area contributed by atoms with Crippen molar-refractivity contribution in [3.63, 3.8) is 0 Å². The first-order valence-electron chi connectivity index (χ1n) is 6.96. The van der Waals surface area contributed by atoms with Gasteiger partial charge in [0, 0.05) is 18.1 Å². The molecule has 1 amide bonds. The van der Waals surface area contributed by atoms with Crippen molar-refractivity contribution in [2.75, 3.05) is 10.6 Å². The van der Waals surface area contributed by atoms with Crippen molar-refractivity contribution in [3.8, 4) is 0 Å². The molecule has 0 atom stereocenters. The first-order valence-corrected chi connectivity index (χ1v) is 7.34. The van der Waals surface area contributed by atoms with Gasteiger partial charge in [-0.15, -0.1) is 0 Å². The quantitative estimate of drug-likeness (QED) is 0.736. The van der Waals surface area contributed by atoms with Crippen molar-refractivity contribution in [2.45, 2.75) is 6.54 Å². The smallest absolute Gasteiger partial charge is 0.258 e. The number of furan rings is 1. The van der Waals surface area contributed by atoms with Crippen molar-refractivity contribution < 1.29 is 13.6 Å². The second-order valence-corrected chi connectivity index (χ2v) is 5.22. The van der Waals surface area contributed by atoms with E-state index in [1.807, 2.05) is 6.07 Å². The van der Waals surface area contributed by atoms with Crippen LogP contribution in [0.1, 0.15) is 16.1 Å². The van der Waals surface area contributed by atoms with E-state index in [-0.39, 0.29) is 10.6 Å². The fourth-order valence-electron chi connectivity index (χ4n) is 1.89. The number of rotatable bonds is 5. The Morgan fingerprint density at radius 3 is 2.71 bits per heavy atom. The molecule has 2 heterocycles. The molecule has 24 heavy (non-hydrogen) atoms. The minimum atomic E-state index is -0.551. The van der Waals surface area contributed by atoms with Gasteiger partial charge in [-0.3, -0.25) is 4.79 Å². The fraction of sp³-hybridized carbons (Fsp3) is 0.0625. The molecule has 2 N–H and O–H groups in total. The van der Waals surface area contributed by atoms with Gasteiger partial charge in [-0.2, -0.15) is 0 Å². The first kappa shape index (κ1) is 15.9. The lowest BCUT2D eigenvalue weighted by molar-refractivity contribution is 0.102. The molecule has 1 aromatic carbocycles. The van der Waals surface area contributed by atoms with Crippen LogP contribution in [0, 0.1) is 5.82 Å². The normalized spacial score (nSPS) is 10.4. The lowest BCUT2D eigenvalue weighted by Crippen LogP contribution is -2.13. The SMILES string of the molecule is O=C(Nc1ccc(F)c(Cl)c1)c1cnc(NCc2ccco2)nc1.